The molecule has 1 rings (SSSR count). The van der Waals surface area contributed by atoms with E-state index in [0.29, 0.717) is 11.5 Å². The predicted molar refractivity (Wildman–Crippen MR) is 61.5 cm³/mol. The van der Waals surface area contributed by atoms with Crippen LogP contribution in [0.1, 0.15) is 54.0 Å². The van der Waals surface area contributed by atoms with Crippen LogP contribution in [0.3, 0.4) is 0 Å². The lowest BCUT2D eigenvalue weighted by Crippen LogP contribution is -2.06. The number of ether oxygens (including phenoxy) is 1. The zero-order chi connectivity index (χ0) is 11.4. The highest BCUT2D eigenvalue weighted by molar-refractivity contribution is 7.13. The Hall–Kier alpha value is -0.900. The van der Waals surface area contributed by atoms with Crippen LogP contribution in [0, 0.1) is 0 Å². The lowest BCUT2D eigenvalue weighted by molar-refractivity contribution is 0.0530. The molecule has 0 atom stereocenters. The van der Waals surface area contributed by atoms with Crippen molar-refractivity contribution in [2.45, 2.75) is 40.0 Å². The standard InChI is InChI=1S/C11H17NO2S/c1-5-8-12-9(7(3)4)10(15-8)11(13)14-6-2/h7H,5-6H2,1-4H3. The summed E-state index contributed by atoms with van der Waals surface area (Å²) in [5, 5.41) is 1.00. The highest BCUT2D eigenvalue weighted by atomic mass is 32.1. The molecule has 0 spiro atoms. The number of hydrogen-bond acceptors (Lipinski definition) is 4. The molecule has 0 aromatic carbocycles. The molecular weight excluding hydrogens is 210 g/mol. The predicted octanol–water partition coefficient (Wildman–Crippen LogP) is 3.01. The monoisotopic (exact) mass is 227 g/mol. The Labute approximate surface area is 94.5 Å². The molecule has 0 aliphatic rings. The van der Waals surface area contributed by atoms with Crippen LogP contribution in [0.5, 0.6) is 0 Å². The topological polar surface area (TPSA) is 39.2 Å². The van der Waals surface area contributed by atoms with Gasteiger partial charge < -0.3 is 4.74 Å². The van der Waals surface area contributed by atoms with Crippen molar-refractivity contribution < 1.29 is 9.53 Å². The average Bonchev–Trinajstić information content (AvgIpc) is 2.61. The van der Waals surface area contributed by atoms with Crippen LogP contribution in [-0.4, -0.2) is 17.6 Å². The molecule has 0 aliphatic heterocycles. The summed E-state index contributed by atoms with van der Waals surface area (Å²) in [6.45, 7) is 8.34. The van der Waals surface area contributed by atoms with Crippen molar-refractivity contribution in [1.29, 1.82) is 0 Å². The number of thiazole rings is 1. The first kappa shape index (κ1) is 12.2. The molecule has 0 saturated heterocycles. The number of hydrogen-bond donors (Lipinski definition) is 0. The maximum absolute atomic E-state index is 11.6. The van der Waals surface area contributed by atoms with E-state index in [1.165, 1.54) is 11.3 Å². The van der Waals surface area contributed by atoms with Gasteiger partial charge in [0, 0.05) is 0 Å². The molecule has 0 unspecified atom stereocenters. The van der Waals surface area contributed by atoms with Gasteiger partial charge in [-0.15, -0.1) is 11.3 Å². The third-order valence-electron chi connectivity index (χ3n) is 2.01. The fraction of sp³-hybridized carbons (Fsp3) is 0.636. The van der Waals surface area contributed by atoms with Gasteiger partial charge in [-0.25, -0.2) is 9.78 Å². The minimum Gasteiger partial charge on any atom is -0.462 e. The summed E-state index contributed by atoms with van der Waals surface area (Å²) >= 11 is 1.45. The molecule has 0 aliphatic carbocycles. The second-order valence-electron chi connectivity index (χ2n) is 3.55. The average molecular weight is 227 g/mol. The molecule has 1 aromatic rings. The van der Waals surface area contributed by atoms with Crippen LogP contribution >= 0.6 is 11.3 Å². The summed E-state index contributed by atoms with van der Waals surface area (Å²) in [5.74, 6) is 0.0272. The summed E-state index contributed by atoms with van der Waals surface area (Å²) in [4.78, 5) is 16.8. The van der Waals surface area contributed by atoms with E-state index in [-0.39, 0.29) is 11.9 Å². The Morgan fingerprint density at radius 2 is 2.13 bits per heavy atom. The Morgan fingerprint density at radius 3 is 2.60 bits per heavy atom. The van der Waals surface area contributed by atoms with Crippen LogP contribution in [0.15, 0.2) is 0 Å². The fourth-order valence-electron chi connectivity index (χ4n) is 1.26. The molecule has 1 aromatic heterocycles. The van der Waals surface area contributed by atoms with E-state index in [0.717, 1.165) is 17.1 Å². The van der Waals surface area contributed by atoms with Gasteiger partial charge in [-0.2, -0.15) is 0 Å². The zero-order valence-electron chi connectivity index (χ0n) is 9.66. The minimum absolute atomic E-state index is 0.238. The number of esters is 1. The molecule has 0 radical (unpaired) electrons. The molecule has 3 nitrogen and oxygen atoms in total. The van der Waals surface area contributed by atoms with Crippen LogP contribution in [0.2, 0.25) is 0 Å². The van der Waals surface area contributed by atoms with Gasteiger partial charge in [0.1, 0.15) is 4.88 Å². The molecular formula is C11H17NO2S. The molecule has 0 saturated carbocycles. The first-order valence-electron chi connectivity index (χ1n) is 5.26. The molecule has 0 bridgehead atoms. The third-order valence-corrected chi connectivity index (χ3v) is 3.20. The van der Waals surface area contributed by atoms with Crippen LogP contribution in [-0.2, 0) is 11.2 Å². The third kappa shape index (κ3) is 2.78. The lowest BCUT2D eigenvalue weighted by atomic mass is 10.1. The smallest absolute Gasteiger partial charge is 0.350 e. The van der Waals surface area contributed by atoms with Crippen molar-refractivity contribution in [3.05, 3.63) is 15.6 Å². The highest BCUT2D eigenvalue weighted by Gasteiger charge is 2.20. The number of aryl methyl sites for hydroxylation is 1. The second kappa shape index (κ2) is 5.26. The molecule has 84 valence electrons. The van der Waals surface area contributed by atoms with Gasteiger partial charge in [0.25, 0.3) is 0 Å². The van der Waals surface area contributed by atoms with Crippen LogP contribution in [0.25, 0.3) is 0 Å². The fourth-order valence-corrected chi connectivity index (χ4v) is 2.32. The highest BCUT2D eigenvalue weighted by Crippen LogP contribution is 2.26. The SMILES string of the molecule is CCOC(=O)c1sc(CC)nc1C(C)C. The van der Waals surface area contributed by atoms with E-state index in [4.69, 9.17) is 4.74 Å². The molecule has 0 N–H and O–H groups in total. The van der Waals surface area contributed by atoms with Crippen molar-refractivity contribution in [2.24, 2.45) is 0 Å². The number of carbonyl (C=O) groups excluding carboxylic acids is 1. The maximum Gasteiger partial charge on any atom is 0.350 e. The molecule has 0 fully saturated rings. The first-order valence-corrected chi connectivity index (χ1v) is 6.08. The molecule has 4 heteroatoms. The van der Waals surface area contributed by atoms with Crippen LogP contribution < -0.4 is 0 Å². The Balaban J connectivity index is 3.03. The number of carbonyl (C=O) groups is 1. The molecule has 1 heterocycles. The van der Waals surface area contributed by atoms with Crippen molar-refractivity contribution in [3.63, 3.8) is 0 Å². The largest absolute Gasteiger partial charge is 0.462 e. The summed E-state index contributed by atoms with van der Waals surface area (Å²) in [6, 6.07) is 0. The summed E-state index contributed by atoms with van der Waals surface area (Å²) in [5.41, 5.74) is 0.871. The quantitative estimate of drug-likeness (QED) is 0.742. The van der Waals surface area contributed by atoms with Gasteiger partial charge >= 0.3 is 5.97 Å². The van der Waals surface area contributed by atoms with Gasteiger partial charge in [0.2, 0.25) is 0 Å². The lowest BCUT2D eigenvalue weighted by Gasteiger charge is -2.04. The Morgan fingerprint density at radius 1 is 1.47 bits per heavy atom. The van der Waals surface area contributed by atoms with Crippen molar-refractivity contribution in [3.8, 4) is 0 Å². The summed E-state index contributed by atoms with van der Waals surface area (Å²) in [6.07, 6.45) is 0.865. The van der Waals surface area contributed by atoms with Crippen molar-refractivity contribution >= 4 is 17.3 Å². The summed E-state index contributed by atoms with van der Waals surface area (Å²) in [7, 11) is 0. The molecule has 15 heavy (non-hydrogen) atoms. The van der Waals surface area contributed by atoms with Gasteiger partial charge in [-0.1, -0.05) is 20.8 Å². The molecule has 0 amide bonds. The van der Waals surface area contributed by atoms with E-state index in [1.807, 2.05) is 27.7 Å². The van der Waals surface area contributed by atoms with E-state index in [9.17, 15) is 4.79 Å². The van der Waals surface area contributed by atoms with E-state index in [1.54, 1.807) is 0 Å². The second-order valence-corrected chi connectivity index (χ2v) is 4.63. The van der Waals surface area contributed by atoms with Gasteiger partial charge in [-0.3, -0.25) is 0 Å². The number of rotatable bonds is 4. The normalized spacial score (nSPS) is 10.7. The van der Waals surface area contributed by atoms with Crippen LogP contribution in [0.4, 0.5) is 0 Å². The van der Waals surface area contributed by atoms with Gasteiger partial charge in [0.05, 0.1) is 17.3 Å². The Bertz CT molecular complexity index is 344. The maximum atomic E-state index is 11.6. The summed E-state index contributed by atoms with van der Waals surface area (Å²) < 4.78 is 5.01. The van der Waals surface area contributed by atoms with Crippen molar-refractivity contribution in [1.82, 2.24) is 4.98 Å². The number of nitrogens with zero attached hydrogens (tertiary/aromatic N) is 1. The van der Waals surface area contributed by atoms with E-state index < -0.39 is 0 Å². The van der Waals surface area contributed by atoms with E-state index in [2.05, 4.69) is 4.98 Å². The zero-order valence-corrected chi connectivity index (χ0v) is 10.5. The van der Waals surface area contributed by atoms with Gasteiger partial charge in [0.15, 0.2) is 0 Å². The Kier molecular flexibility index (Phi) is 4.27. The minimum atomic E-state index is -0.238. The number of aromatic nitrogens is 1. The van der Waals surface area contributed by atoms with Crippen molar-refractivity contribution in [2.75, 3.05) is 6.61 Å². The first-order chi connectivity index (χ1) is 7.10. The van der Waals surface area contributed by atoms with E-state index >= 15 is 0 Å². The van der Waals surface area contributed by atoms with Gasteiger partial charge in [-0.05, 0) is 19.3 Å².